The second kappa shape index (κ2) is 5.11. The van der Waals surface area contributed by atoms with Crippen LogP contribution in [-0.2, 0) is 0 Å². The van der Waals surface area contributed by atoms with Gasteiger partial charge in [-0.3, -0.25) is 4.90 Å². The molecular formula is C8H16N2O. The third-order valence-electron chi connectivity index (χ3n) is 1.79. The first-order chi connectivity index (χ1) is 5.17. The van der Waals surface area contributed by atoms with Gasteiger partial charge in [-0.1, -0.05) is 13.8 Å². The van der Waals surface area contributed by atoms with Crippen LogP contribution in [0, 0.1) is 11.3 Å². The van der Waals surface area contributed by atoms with Crippen molar-refractivity contribution in [1.82, 2.24) is 4.90 Å². The van der Waals surface area contributed by atoms with E-state index >= 15 is 0 Å². The number of hydrogen-bond donors (Lipinski definition) is 1. The van der Waals surface area contributed by atoms with E-state index in [0.717, 1.165) is 13.1 Å². The lowest BCUT2D eigenvalue weighted by molar-refractivity contribution is 0.0967. The molecule has 2 unspecified atom stereocenters. The van der Waals surface area contributed by atoms with Gasteiger partial charge in [-0.05, 0) is 20.0 Å². The summed E-state index contributed by atoms with van der Waals surface area (Å²) in [4.78, 5) is 1.94. The van der Waals surface area contributed by atoms with Gasteiger partial charge in [-0.25, -0.2) is 0 Å². The zero-order chi connectivity index (χ0) is 8.85. The summed E-state index contributed by atoms with van der Waals surface area (Å²) in [5.74, 6) is 0. The summed E-state index contributed by atoms with van der Waals surface area (Å²) in [5, 5.41) is 17.9. The van der Waals surface area contributed by atoms with Gasteiger partial charge in [0.25, 0.3) is 0 Å². The summed E-state index contributed by atoms with van der Waals surface area (Å²) >= 11 is 0. The van der Waals surface area contributed by atoms with Crippen LogP contribution < -0.4 is 0 Å². The fourth-order valence-electron chi connectivity index (χ4n) is 1.11. The van der Waals surface area contributed by atoms with Crippen LogP contribution in [0.25, 0.3) is 0 Å². The van der Waals surface area contributed by atoms with Gasteiger partial charge in [0.1, 0.15) is 6.04 Å². The Morgan fingerprint density at radius 1 is 1.45 bits per heavy atom. The van der Waals surface area contributed by atoms with Crippen LogP contribution >= 0.6 is 0 Å². The molecule has 3 nitrogen and oxygen atoms in total. The van der Waals surface area contributed by atoms with E-state index in [9.17, 15) is 5.11 Å². The van der Waals surface area contributed by atoms with Gasteiger partial charge in [0.05, 0.1) is 12.2 Å². The van der Waals surface area contributed by atoms with Crippen molar-refractivity contribution in [2.24, 2.45) is 0 Å². The van der Waals surface area contributed by atoms with Gasteiger partial charge in [0.2, 0.25) is 0 Å². The summed E-state index contributed by atoms with van der Waals surface area (Å²) < 4.78 is 0. The minimum Gasteiger partial charge on any atom is -0.391 e. The smallest absolute Gasteiger partial charge is 0.124 e. The molecule has 0 radical (unpaired) electrons. The molecule has 0 aliphatic heterocycles. The first-order valence-corrected chi connectivity index (χ1v) is 3.99. The molecule has 0 aromatic rings. The molecule has 0 rings (SSSR count). The summed E-state index contributed by atoms with van der Waals surface area (Å²) in [6.07, 6.45) is -0.570. The van der Waals surface area contributed by atoms with Crippen LogP contribution in [0.4, 0.5) is 0 Å². The van der Waals surface area contributed by atoms with E-state index in [-0.39, 0.29) is 6.04 Å². The Kier molecular flexibility index (Phi) is 4.84. The highest BCUT2D eigenvalue weighted by molar-refractivity contribution is 4.94. The predicted molar refractivity (Wildman–Crippen MR) is 44.0 cm³/mol. The molecule has 11 heavy (non-hydrogen) atoms. The van der Waals surface area contributed by atoms with Crippen molar-refractivity contribution >= 4 is 0 Å². The lowest BCUT2D eigenvalue weighted by Crippen LogP contribution is -2.41. The SMILES string of the molecule is CCN(CC)C(C#N)C(C)O. The van der Waals surface area contributed by atoms with Crippen molar-refractivity contribution in [2.75, 3.05) is 13.1 Å². The van der Waals surface area contributed by atoms with Crippen molar-refractivity contribution in [3.8, 4) is 6.07 Å². The van der Waals surface area contributed by atoms with Crippen LogP contribution in [0.1, 0.15) is 20.8 Å². The van der Waals surface area contributed by atoms with Gasteiger partial charge in [-0.15, -0.1) is 0 Å². The molecule has 0 amide bonds. The van der Waals surface area contributed by atoms with Crippen LogP contribution in [0.2, 0.25) is 0 Å². The van der Waals surface area contributed by atoms with Crippen LogP contribution in [0.15, 0.2) is 0 Å². The Morgan fingerprint density at radius 3 is 2.00 bits per heavy atom. The van der Waals surface area contributed by atoms with Crippen molar-refractivity contribution < 1.29 is 5.11 Å². The molecule has 0 aliphatic carbocycles. The highest BCUT2D eigenvalue weighted by Gasteiger charge is 2.19. The van der Waals surface area contributed by atoms with E-state index in [0.29, 0.717) is 0 Å². The fourth-order valence-corrected chi connectivity index (χ4v) is 1.11. The van der Waals surface area contributed by atoms with Crippen molar-refractivity contribution in [3.63, 3.8) is 0 Å². The number of nitriles is 1. The maximum atomic E-state index is 9.18. The molecule has 0 spiro atoms. The molecule has 0 heterocycles. The molecule has 2 atom stereocenters. The predicted octanol–water partition coefficient (Wildman–Crippen LogP) is 0.601. The first kappa shape index (κ1) is 10.4. The fraction of sp³-hybridized carbons (Fsp3) is 0.875. The van der Waals surface area contributed by atoms with Gasteiger partial charge in [0.15, 0.2) is 0 Å². The molecule has 0 saturated heterocycles. The maximum absolute atomic E-state index is 9.18. The molecule has 0 fully saturated rings. The number of aliphatic hydroxyl groups is 1. The van der Waals surface area contributed by atoms with Gasteiger partial charge < -0.3 is 5.11 Å². The van der Waals surface area contributed by atoms with E-state index in [1.807, 2.05) is 18.7 Å². The number of likely N-dealkylation sites (N-methyl/N-ethyl adjacent to an activating group) is 1. The van der Waals surface area contributed by atoms with E-state index in [1.165, 1.54) is 0 Å². The molecule has 3 heteroatoms. The van der Waals surface area contributed by atoms with Crippen molar-refractivity contribution in [1.29, 1.82) is 5.26 Å². The molecule has 0 aromatic carbocycles. The maximum Gasteiger partial charge on any atom is 0.124 e. The highest BCUT2D eigenvalue weighted by atomic mass is 16.3. The Hall–Kier alpha value is -0.590. The molecule has 0 bridgehead atoms. The minimum atomic E-state index is -0.570. The topological polar surface area (TPSA) is 47.3 Å². The van der Waals surface area contributed by atoms with E-state index in [1.54, 1.807) is 6.92 Å². The average Bonchev–Trinajstić information content (AvgIpc) is 1.99. The van der Waals surface area contributed by atoms with Gasteiger partial charge >= 0.3 is 0 Å². The molecule has 0 aliphatic rings. The zero-order valence-corrected chi connectivity index (χ0v) is 7.41. The Bertz CT molecular complexity index is 136. The van der Waals surface area contributed by atoms with Gasteiger partial charge in [0, 0.05) is 0 Å². The summed E-state index contributed by atoms with van der Waals surface area (Å²) in [6.45, 7) is 7.22. The van der Waals surface area contributed by atoms with Gasteiger partial charge in [-0.2, -0.15) is 5.26 Å². The number of hydrogen-bond acceptors (Lipinski definition) is 3. The third-order valence-corrected chi connectivity index (χ3v) is 1.79. The molecule has 1 N–H and O–H groups in total. The van der Waals surface area contributed by atoms with Crippen LogP contribution in [-0.4, -0.2) is 35.2 Å². The molecular weight excluding hydrogens is 140 g/mol. The average molecular weight is 156 g/mol. The summed E-state index contributed by atoms with van der Waals surface area (Å²) in [5.41, 5.74) is 0. The lowest BCUT2D eigenvalue weighted by atomic mass is 10.2. The largest absolute Gasteiger partial charge is 0.391 e. The lowest BCUT2D eigenvalue weighted by Gasteiger charge is -2.25. The summed E-state index contributed by atoms with van der Waals surface area (Å²) in [7, 11) is 0. The third kappa shape index (κ3) is 2.87. The normalized spacial score (nSPS) is 16.0. The molecule has 64 valence electrons. The van der Waals surface area contributed by atoms with E-state index in [2.05, 4.69) is 6.07 Å². The van der Waals surface area contributed by atoms with Crippen LogP contribution in [0.5, 0.6) is 0 Å². The molecule has 0 saturated carbocycles. The quantitative estimate of drug-likeness (QED) is 0.648. The van der Waals surface area contributed by atoms with Crippen LogP contribution in [0.3, 0.4) is 0 Å². The Labute approximate surface area is 68.2 Å². The summed E-state index contributed by atoms with van der Waals surface area (Å²) in [6, 6.07) is 1.72. The van der Waals surface area contributed by atoms with Crippen molar-refractivity contribution in [3.05, 3.63) is 0 Å². The van der Waals surface area contributed by atoms with E-state index in [4.69, 9.17) is 5.26 Å². The number of nitrogens with zero attached hydrogens (tertiary/aromatic N) is 2. The second-order valence-corrected chi connectivity index (χ2v) is 2.54. The first-order valence-electron chi connectivity index (χ1n) is 3.99. The minimum absolute atomic E-state index is 0.356. The Balaban J connectivity index is 4.12. The highest BCUT2D eigenvalue weighted by Crippen LogP contribution is 2.02. The van der Waals surface area contributed by atoms with E-state index < -0.39 is 6.10 Å². The second-order valence-electron chi connectivity index (χ2n) is 2.54. The molecule has 0 aromatic heterocycles. The Morgan fingerprint density at radius 2 is 1.91 bits per heavy atom. The number of aliphatic hydroxyl groups excluding tert-OH is 1. The standard InChI is InChI=1S/C8H16N2O/c1-4-10(5-2)8(6-9)7(3)11/h7-8,11H,4-5H2,1-3H3. The monoisotopic (exact) mass is 156 g/mol. The zero-order valence-electron chi connectivity index (χ0n) is 7.41. The van der Waals surface area contributed by atoms with Crippen molar-refractivity contribution in [2.45, 2.75) is 32.9 Å². The number of rotatable bonds is 4.